The number of aromatic nitrogens is 1. The number of amides is 1. The maximum atomic E-state index is 11.5. The van der Waals surface area contributed by atoms with Crippen LogP contribution in [0.4, 0.5) is 0 Å². The van der Waals surface area contributed by atoms with Crippen LogP contribution in [0.25, 0.3) is 0 Å². The Bertz CT molecular complexity index is 1240. The summed E-state index contributed by atoms with van der Waals surface area (Å²) in [6.07, 6.45) is 13.7. The van der Waals surface area contributed by atoms with E-state index < -0.39 is 0 Å². The smallest absolute Gasteiger partial charge is 0.223 e. The third-order valence-electron chi connectivity index (χ3n) is 12.3. The molecule has 0 bridgehead atoms. The van der Waals surface area contributed by atoms with Crippen molar-refractivity contribution < 1.29 is 4.79 Å². The molecule has 1 amide bonds. The van der Waals surface area contributed by atoms with Gasteiger partial charge in [0, 0.05) is 69.7 Å². The van der Waals surface area contributed by atoms with Gasteiger partial charge < -0.3 is 20.9 Å². The first-order valence-corrected chi connectivity index (χ1v) is 20.9. The summed E-state index contributed by atoms with van der Waals surface area (Å²) >= 11 is 0. The van der Waals surface area contributed by atoms with E-state index in [1.807, 2.05) is 18.5 Å². The van der Waals surface area contributed by atoms with Crippen LogP contribution in [0.1, 0.15) is 140 Å². The number of pyridine rings is 1. The van der Waals surface area contributed by atoms with Gasteiger partial charge in [0.2, 0.25) is 5.91 Å². The molecule has 0 aromatic carbocycles. The summed E-state index contributed by atoms with van der Waals surface area (Å²) in [6, 6.07) is 4.19. The Morgan fingerprint density at radius 2 is 1.40 bits per heavy atom. The van der Waals surface area contributed by atoms with Crippen LogP contribution in [0.2, 0.25) is 0 Å². The van der Waals surface area contributed by atoms with Gasteiger partial charge in [0.15, 0.2) is 0 Å². The van der Waals surface area contributed by atoms with Gasteiger partial charge >= 0.3 is 0 Å². The normalized spacial score (nSPS) is 23.7. The van der Waals surface area contributed by atoms with Crippen LogP contribution in [0.3, 0.4) is 0 Å². The van der Waals surface area contributed by atoms with Crippen LogP contribution >= 0.6 is 0 Å². The molecule has 3 unspecified atom stereocenters. The molecule has 4 aliphatic rings. The Morgan fingerprint density at radius 1 is 0.792 bits per heavy atom. The lowest BCUT2D eigenvalue weighted by molar-refractivity contribution is -0.127. The van der Waals surface area contributed by atoms with Crippen molar-refractivity contribution in [2.75, 3.05) is 46.3 Å². The van der Waals surface area contributed by atoms with E-state index in [1.165, 1.54) is 69.4 Å². The van der Waals surface area contributed by atoms with E-state index in [9.17, 15) is 4.79 Å². The van der Waals surface area contributed by atoms with E-state index in [4.69, 9.17) is 5.73 Å². The Morgan fingerprint density at radius 3 is 1.85 bits per heavy atom. The van der Waals surface area contributed by atoms with Crippen molar-refractivity contribution in [3.8, 4) is 0 Å². The number of carbonyl (C=O) groups excluding carboxylic acids is 1. The Labute approximate surface area is 328 Å². The molecule has 3 N–H and O–H groups in total. The lowest BCUT2D eigenvalue weighted by Gasteiger charge is -2.40. The highest BCUT2D eigenvalue weighted by Gasteiger charge is 2.34. The average molecular weight is 737 g/mol. The monoisotopic (exact) mass is 737 g/mol. The molecular weight excluding hydrogens is 653 g/mol. The molecule has 1 aromatic rings. The summed E-state index contributed by atoms with van der Waals surface area (Å²) in [5.41, 5.74) is 9.74. The molecule has 4 fully saturated rings. The number of carbonyl (C=O) groups is 1. The number of nitrogens with two attached hydrogens (primary N) is 1. The molecule has 5 heterocycles. The predicted octanol–water partition coefficient (Wildman–Crippen LogP) is 9.96. The first-order chi connectivity index (χ1) is 24.4. The molecule has 3 atom stereocenters. The quantitative estimate of drug-likeness (QED) is 0.322. The molecule has 0 radical (unpaired) electrons. The first-order valence-electron chi connectivity index (χ1n) is 20.9. The summed E-state index contributed by atoms with van der Waals surface area (Å²) in [5, 5.41) is 2.96. The Hall–Kier alpha value is -2.54. The largest absolute Gasteiger partial charge is 0.386 e. The van der Waals surface area contributed by atoms with Crippen molar-refractivity contribution in [3.05, 3.63) is 54.8 Å². The molecular formula is C46H84N6O. The maximum absolute atomic E-state index is 11.5. The van der Waals surface area contributed by atoms with E-state index in [0.717, 1.165) is 56.7 Å². The van der Waals surface area contributed by atoms with Crippen molar-refractivity contribution in [2.45, 2.75) is 141 Å². The summed E-state index contributed by atoms with van der Waals surface area (Å²) in [4.78, 5) is 22.8. The SMILES string of the molecule is C=C(N)N1CCCC(C(C)(C)C)C1.C=C1C(C(C)(C)C)CCN1C.CC(C)(C)C1CCCCNC1=O.CC(C)(C)C1CCN(Cc2cccnc2)CC1. The molecule has 1 aromatic heterocycles. The second kappa shape index (κ2) is 20.4. The van der Waals surface area contributed by atoms with Gasteiger partial charge in [-0.3, -0.25) is 14.7 Å². The van der Waals surface area contributed by atoms with Gasteiger partial charge in [-0.25, -0.2) is 0 Å². The lowest BCUT2D eigenvalue weighted by Crippen LogP contribution is -2.41. The fourth-order valence-corrected chi connectivity index (χ4v) is 8.25. The number of hydrogen-bond acceptors (Lipinski definition) is 6. The second-order valence-corrected chi connectivity index (χ2v) is 20.7. The van der Waals surface area contributed by atoms with Crippen LogP contribution in [0.5, 0.6) is 0 Å². The first kappa shape index (κ1) is 46.6. The molecule has 0 aliphatic carbocycles. The zero-order valence-corrected chi connectivity index (χ0v) is 36.9. The van der Waals surface area contributed by atoms with Crippen molar-refractivity contribution in [2.24, 2.45) is 51.1 Å². The minimum Gasteiger partial charge on any atom is -0.386 e. The van der Waals surface area contributed by atoms with Crippen molar-refractivity contribution in [3.63, 3.8) is 0 Å². The molecule has 4 saturated heterocycles. The van der Waals surface area contributed by atoms with Gasteiger partial charge in [0.1, 0.15) is 0 Å². The Kier molecular flexibility index (Phi) is 17.9. The summed E-state index contributed by atoms with van der Waals surface area (Å²) in [5.74, 6) is 3.51. The predicted molar refractivity (Wildman–Crippen MR) is 228 cm³/mol. The van der Waals surface area contributed by atoms with E-state index in [-0.39, 0.29) is 17.2 Å². The molecule has 5 rings (SSSR count). The standard InChI is InChI=1S/C15H24N2.C11H22N2.C10H19NO.C10H19N/c1-15(2,3)14-6-9-17(10-7-14)12-13-5-4-8-16-11-13;1-9(12)13-7-5-6-10(8-13)11(2,3)4;1-10(2,3)8-6-4-5-7-11-9(8)12;1-8-9(10(2,3)4)6-7-11(8)5/h4-5,8,11,14H,6-7,9-10,12H2,1-3H3;10H,1,5-8,12H2,2-4H3;8H,4-7H2,1-3H3,(H,11,12);9H,1,6-7H2,2-5H3. The fourth-order valence-electron chi connectivity index (χ4n) is 8.25. The Balaban J connectivity index is 0.000000248. The van der Waals surface area contributed by atoms with Gasteiger partial charge in [0.05, 0.1) is 5.82 Å². The lowest BCUT2D eigenvalue weighted by atomic mass is 9.75. The van der Waals surface area contributed by atoms with Crippen LogP contribution in [0, 0.1) is 45.3 Å². The highest BCUT2D eigenvalue weighted by atomic mass is 16.1. The third kappa shape index (κ3) is 16.4. The van der Waals surface area contributed by atoms with Gasteiger partial charge in [-0.1, -0.05) is 109 Å². The van der Waals surface area contributed by atoms with Gasteiger partial charge in [-0.2, -0.15) is 0 Å². The van der Waals surface area contributed by atoms with Crippen molar-refractivity contribution in [1.29, 1.82) is 0 Å². The van der Waals surface area contributed by atoms with E-state index >= 15 is 0 Å². The summed E-state index contributed by atoms with van der Waals surface area (Å²) in [6.45, 7) is 43.0. The third-order valence-corrected chi connectivity index (χ3v) is 12.3. The number of hydrogen-bond donors (Lipinski definition) is 2. The highest BCUT2D eigenvalue weighted by molar-refractivity contribution is 5.79. The second-order valence-electron chi connectivity index (χ2n) is 20.7. The van der Waals surface area contributed by atoms with Crippen LogP contribution in [-0.4, -0.2) is 71.9 Å². The molecule has 7 nitrogen and oxygen atoms in total. The number of likely N-dealkylation sites (tertiary alicyclic amines) is 3. The molecule has 53 heavy (non-hydrogen) atoms. The van der Waals surface area contributed by atoms with Gasteiger partial charge in [-0.15, -0.1) is 0 Å². The number of nitrogens with one attached hydrogen (secondary N) is 1. The fraction of sp³-hybridized carbons (Fsp3) is 0.783. The van der Waals surface area contributed by atoms with E-state index in [1.54, 1.807) is 0 Å². The highest BCUT2D eigenvalue weighted by Crippen LogP contribution is 2.39. The number of allylic oxidation sites excluding steroid dienone is 1. The minimum absolute atomic E-state index is 0.119. The molecule has 4 aliphatic heterocycles. The zero-order chi connectivity index (χ0) is 40.2. The molecule has 7 heteroatoms. The molecule has 0 spiro atoms. The van der Waals surface area contributed by atoms with Gasteiger partial charge in [-0.05, 0) is 103 Å². The summed E-state index contributed by atoms with van der Waals surface area (Å²) in [7, 11) is 2.13. The van der Waals surface area contributed by atoms with Crippen LogP contribution in [0.15, 0.2) is 49.2 Å². The topological polar surface area (TPSA) is 77.7 Å². The number of piperidine rings is 2. The van der Waals surface area contributed by atoms with Crippen molar-refractivity contribution in [1.82, 2.24) is 25.0 Å². The van der Waals surface area contributed by atoms with Crippen molar-refractivity contribution >= 4 is 5.91 Å². The maximum Gasteiger partial charge on any atom is 0.223 e. The number of rotatable bonds is 3. The average Bonchev–Trinajstić information content (AvgIpc) is 3.25. The minimum atomic E-state index is 0.119. The van der Waals surface area contributed by atoms with E-state index in [0.29, 0.717) is 22.2 Å². The van der Waals surface area contributed by atoms with Crippen LogP contribution in [-0.2, 0) is 11.3 Å². The van der Waals surface area contributed by atoms with E-state index in [2.05, 4.69) is 134 Å². The summed E-state index contributed by atoms with van der Waals surface area (Å²) < 4.78 is 0. The zero-order valence-electron chi connectivity index (χ0n) is 36.9. The van der Waals surface area contributed by atoms with Gasteiger partial charge in [0.25, 0.3) is 0 Å². The molecule has 0 saturated carbocycles. The number of nitrogens with zero attached hydrogens (tertiary/aromatic N) is 4. The molecule has 304 valence electrons. The van der Waals surface area contributed by atoms with Crippen LogP contribution < -0.4 is 11.1 Å².